The van der Waals surface area contributed by atoms with Crippen molar-refractivity contribution in [1.29, 1.82) is 0 Å². The summed E-state index contributed by atoms with van der Waals surface area (Å²) in [5.41, 5.74) is 0.895. The van der Waals surface area contributed by atoms with E-state index in [0.29, 0.717) is 23.7 Å². The number of alkyl halides is 1. The van der Waals surface area contributed by atoms with Crippen molar-refractivity contribution in [2.75, 3.05) is 16.5 Å². The normalized spacial score (nSPS) is 11.0. The van der Waals surface area contributed by atoms with Gasteiger partial charge in [0.05, 0.1) is 0 Å². The number of benzene rings is 1. The van der Waals surface area contributed by atoms with Crippen LogP contribution in [0.3, 0.4) is 0 Å². The number of carbonyl (C=O) groups is 2. The minimum atomic E-state index is -0.458. The number of amides is 2. The van der Waals surface area contributed by atoms with Crippen LogP contribution >= 0.6 is 11.6 Å². The van der Waals surface area contributed by atoms with Crippen LogP contribution in [0, 0.1) is 5.41 Å². The highest BCUT2D eigenvalue weighted by molar-refractivity contribution is 6.17. The van der Waals surface area contributed by atoms with E-state index in [0.717, 1.165) is 12.8 Å². The number of hydrogen-bond acceptors (Lipinski definition) is 2. The quantitative estimate of drug-likeness (QED) is 0.616. The van der Waals surface area contributed by atoms with Gasteiger partial charge in [-0.25, -0.2) is 0 Å². The Morgan fingerprint density at radius 3 is 2.29 bits per heavy atom. The lowest BCUT2D eigenvalue weighted by Crippen LogP contribution is -2.27. The number of halogens is 1. The number of unbranched alkanes of at least 4 members (excludes halogenated alkanes) is 1. The summed E-state index contributed by atoms with van der Waals surface area (Å²) in [6.07, 6.45) is 2.05. The van der Waals surface area contributed by atoms with Gasteiger partial charge in [-0.2, -0.15) is 0 Å². The first-order chi connectivity index (χ1) is 9.82. The molecule has 21 heavy (non-hydrogen) atoms. The van der Waals surface area contributed by atoms with Crippen LogP contribution in [-0.2, 0) is 9.59 Å². The fourth-order valence-corrected chi connectivity index (χ4v) is 1.79. The molecule has 0 spiro atoms. The van der Waals surface area contributed by atoms with Crippen molar-refractivity contribution in [3.05, 3.63) is 24.3 Å². The van der Waals surface area contributed by atoms with Crippen LogP contribution in [0.15, 0.2) is 24.3 Å². The summed E-state index contributed by atoms with van der Waals surface area (Å²) < 4.78 is 0. The number of hydrogen-bond donors (Lipinski definition) is 2. The second kappa shape index (κ2) is 8.03. The van der Waals surface area contributed by atoms with Crippen molar-refractivity contribution in [1.82, 2.24) is 0 Å². The molecule has 2 amide bonds. The van der Waals surface area contributed by atoms with Crippen LogP contribution < -0.4 is 10.6 Å². The predicted octanol–water partition coefficient (Wildman–Crippen LogP) is 4.02. The molecular weight excluding hydrogens is 288 g/mol. The molecule has 0 radical (unpaired) electrons. The van der Waals surface area contributed by atoms with Crippen LogP contribution in [0.4, 0.5) is 11.4 Å². The molecule has 0 saturated carbocycles. The van der Waals surface area contributed by atoms with Gasteiger partial charge in [0.2, 0.25) is 11.8 Å². The molecule has 116 valence electrons. The summed E-state index contributed by atoms with van der Waals surface area (Å²) in [5, 5.41) is 5.66. The van der Waals surface area contributed by atoms with Crippen molar-refractivity contribution in [2.24, 2.45) is 5.41 Å². The Kier molecular flexibility index (Phi) is 6.69. The fourth-order valence-electron chi connectivity index (χ4n) is 1.60. The maximum absolute atomic E-state index is 11.9. The summed E-state index contributed by atoms with van der Waals surface area (Å²) in [4.78, 5) is 23.7. The molecular formula is C16H23ClN2O2. The molecule has 1 aromatic carbocycles. The van der Waals surface area contributed by atoms with Gasteiger partial charge in [0.1, 0.15) is 0 Å². The fraction of sp³-hybridized carbons (Fsp3) is 0.500. The zero-order valence-corrected chi connectivity index (χ0v) is 13.6. The highest BCUT2D eigenvalue weighted by atomic mass is 35.5. The SMILES string of the molecule is CC(C)(C)C(=O)Nc1cccc(NC(=O)CCCCCl)c1. The first kappa shape index (κ1) is 17.5. The summed E-state index contributed by atoms with van der Waals surface area (Å²) in [5.74, 6) is 0.467. The van der Waals surface area contributed by atoms with Crippen LogP contribution in [0.1, 0.15) is 40.0 Å². The van der Waals surface area contributed by atoms with E-state index in [-0.39, 0.29) is 11.8 Å². The predicted molar refractivity (Wildman–Crippen MR) is 87.7 cm³/mol. The molecule has 0 heterocycles. The van der Waals surface area contributed by atoms with E-state index in [1.54, 1.807) is 24.3 Å². The number of rotatable bonds is 6. The van der Waals surface area contributed by atoms with E-state index in [1.165, 1.54) is 0 Å². The number of nitrogens with one attached hydrogen (secondary N) is 2. The monoisotopic (exact) mass is 310 g/mol. The van der Waals surface area contributed by atoms with Gasteiger partial charge in [-0.3, -0.25) is 9.59 Å². The topological polar surface area (TPSA) is 58.2 Å². The Morgan fingerprint density at radius 2 is 1.71 bits per heavy atom. The minimum absolute atomic E-state index is 0.0422. The van der Waals surface area contributed by atoms with E-state index >= 15 is 0 Å². The molecule has 2 N–H and O–H groups in total. The first-order valence-corrected chi connectivity index (χ1v) is 7.63. The Bertz CT molecular complexity index is 495. The molecule has 0 aliphatic heterocycles. The van der Waals surface area contributed by atoms with E-state index in [4.69, 9.17) is 11.6 Å². The van der Waals surface area contributed by atoms with E-state index in [2.05, 4.69) is 10.6 Å². The molecule has 1 aromatic rings. The molecule has 0 aromatic heterocycles. The van der Waals surface area contributed by atoms with Crippen LogP contribution in [0.5, 0.6) is 0 Å². The molecule has 0 aliphatic rings. The molecule has 0 bridgehead atoms. The summed E-state index contributed by atoms with van der Waals surface area (Å²) in [6.45, 7) is 5.56. The molecule has 0 unspecified atom stereocenters. The molecule has 0 aliphatic carbocycles. The smallest absolute Gasteiger partial charge is 0.229 e. The maximum Gasteiger partial charge on any atom is 0.229 e. The van der Waals surface area contributed by atoms with Crippen molar-refractivity contribution in [3.63, 3.8) is 0 Å². The lowest BCUT2D eigenvalue weighted by molar-refractivity contribution is -0.123. The summed E-state index contributed by atoms with van der Waals surface area (Å²) in [6, 6.07) is 7.15. The lowest BCUT2D eigenvalue weighted by atomic mass is 9.95. The Hall–Kier alpha value is -1.55. The lowest BCUT2D eigenvalue weighted by Gasteiger charge is -2.18. The largest absolute Gasteiger partial charge is 0.326 e. The second-order valence-corrected chi connectivity index (χ2v) is 6.36. The van der Waals surface area contributed by atoms with Crippen molar-refractivity contribution in [2.45, 2.75) is 40.0 Å². The molecule has 0 atom stereocenters. The third-order valence-corrected chi connectivity index (χ3v) is 3.14. The molecule has 0 fully saturated rings. The van der Waals surface area contributed by atoms with Crippen molar-refractivity contribution < 1.29 is 9.59 Å². The molecule has 5 heteroatoms. The maximum atomic E-state index is 11.9. The third-order valence-electron chi connectivity index (χ3n) is 2.87. The Labute approximate surface area is 131 Å². The molecule has 1 rings (SSSR count). The minimum Gasteiger partial charge on any atom is -0.326 e. The summed E-state index contributed by atoms with van der Waals surface area (Å²) in [7, 11) is 0. The van der Waals surface area contributed by atoms with Crippen LogP contribution in [-0.4, -0.2) is 17.7 Å². The van der Waals surface area contributed by atoms with Gasteiger partial charge < -0.3 is 10.6 Å². The van der Waals surface area contributed by atoms with E-state index in [9.17, 15) is 9.59 Å². The van der Waals surface area contributed by atoms with Gasteiger partial charge in [0.15, 0.2) is 0 Å². The zero-order chi connectivity index (χ0) is 15.9. The van der Waals surface area contributed by atoms with Crippen molar-refractivity contribution >= 4 is 34.8 Å². The van der Waals surface area contributed by atoms with Gasteiger partial charge in [-0.15, -0.1) is 11.6 Å². The van der Waals surface area contributed by atoms with Gasteiger partial charge in [-0.05, 0) is 31.0 Å². The molecule has 4 nitrogen and oxygen atoms in total. The van der Waals surface area contributed by atoms with Crippen LogP contribution in [0.2, 0.25) is 0 Å². The average Bonchev–Trinajstić information content (AvgIpc) is 2.38. The van der Waals surface area contributed by atoms with E-state index in [1.807, 2.05) is 20.8 Å². The van der Waals surface area contributed by atoms with Gasteiger partial charge >= 0.3 is 0 Å². The highest BCUT2D eigenvalue weighted by Crippen LogP contribution is 2.20. The van der Waals surface area contributed by atoms with Gasteiger partial charge in [0.25, 0.3) is 0 Å². The Morgan fingerprint density at radius 1 is 1.10 bits per heavy atom. The summed E-state index contributed by atoms with van der Waals surface area (Å²) >= 11 is 5.58. The number of anilines is 2. The highest BCUT2D eigenvalue weighted by Gasteiger charge is 2.21. The van der Waals surface area contributed by atoms with Crippen molar-refractivity contribution in [3.8, 4) is 0 Å². The first-order valence-electron chi connectivity index (χ1n) is 7.10. The van der Waals surface area contributed by atoms with Gasteiger partial charge in [-0.1, -0.05) is 26.8 Å². The van der Waals surface area contributed by atoms with E-state index < -0.39 is 5.41 Å². The number of carbonyl (C=O) groups excluding carboxylic acids is 2. The van der Waals surface area contributed by atoms with Gasteiger partial charge in [0, 0.05) is 29.1 Å². The van der Waals surface area contributed by atoms with Crippen LogP contribution in [0.25, 0.3) is 0 Å². The standard InChI is InChI=1S/C16H23ClN2O2/c1-16(2,3)15(21)19-13-8-6-7-12(11-13)18-14(20)9-4-5-10-17/h6-8,11H,4-5,9-10H2,1-3H3,(H,18,20)(H,19,21). The second-order valence-electron chi connectivity index (χ2n) is 5.98. The zero-order valence-electron chi connectivity index (χ0n) is 12.8. The third kappa shape index (κ3) is 6.63. The average molecular weight is 311 g/mol. The Balaban J connectivity index is 2.60. The molecule has 0 saturated heterocycles.